The SMILES string of the molecule is CC(NC(=O)N(CC(N)=O)CC(=O)O)c1cn[nH]c1. The summed E-state index contributed by atoms with van der Waals surface area (Å²) >= 11 is 0. The van der Waals surface area contributed by atoms with Crippen molar-refractivity contribution in [2.75, 3.05) is 13.1 Å². The average molecular weight is 269 g/mol. The molecule has 0 aliphatic heterocycles. The van der Waals surface area contributed by atoms with Crippen molar-refractivity contribution in [1.82, 2.24) is 20.4 Å². The van der Waals surface area contributed by atoms with Gasteiger partial charge in [0.1, 0.15) is 13.1 Å². The van der Waals surface area contributed by atoms with Crippen LogP contribution in [0, 0.1) is 0 Å². The van der Waals surface area contributed by atoms with Gasteiger partial charge in [0.2, 0.25) is 5.91 Å². The van der Waals surface area contributed by atoms with Gasteiger partial charge in [-0.1, -0.05) is 0 Å². The molecular formula is C10H15N5O4. The normalized spacial score (nSPS) is 11.6. The van der Waals surface area contributed by atoms with Crippen molar-refractivity contribution in [3.8, 4) is 0 Å². The predicted octanol–water partition coefficient (Wildman–Crippen LogP) is -0.948. The molecule has 1 heterocycles. The zero-order valence-electron chi connectivity index (χ0n) is 10.3. The molecule has 9 heteroatoms. The Morgan fingerprint density at radius 1 is 1.53 bits per heavy atom. The molecule has 0 saturated heterocycles. The number of carbonyl (C=O) groups excluding carboxylic acids is 2. The standard InChI is InChI=1S/C10H15N5O4/c1-6(7-2-12-13-3-7)14-10(19)15(4-8(11)16)5-9(17)18/h2-3,6H,4-5H2,1H3,(H2,11,16)(H,12,13)(H,14,19)(H,17,18). The van der Waals surface area contributed by atoms with Crippen LogP contribution in [-0.4, -0.2) is 51.2 Å². The summed E-state index contributed by atoms with van der Waals surface area (Å²) < 4.78 is 0. The maximum atomic E-state index is 11.8. The summed E-state index contributed by atoms with van der Waals surface area (Å²) in [5, 5.41) is 17.6. The van der Waals surface area contributed by atoms with E-state index in [1.807, 2.05) is 0 Å². The second-order valence-electron chi connectivity index (χ2n) is 3.92. The van der Waals surface area contributed by atoms with Crippen molar-refractivity contribution < 1.29 is 19.5 Å². The lowest BCUT2D eigenvalue weighted by Gasteiger charge is -2.22. The Hall–Kier alpha value is -2.58. The number of nitrogens with zero attached hydrogens (tertiary/aromatic N) is 2. The van der Waals surface area contributed by atoms with E-state index in [2.05, 4.69) is 15.5 Å². The number of aromatic nitrogens is 2. The van der Waals surface area contributed by atoms with Gasteiger partial charge in [-0.3, -0.25) is 14.7 Å². The number of primary amides is 1. The van der Waals surface area contributed by atoms with E-state index >= 15 is 0 Å². The number of rotatable bonds is 6. The minimum Gasteiger partial charge on any atom is -0.480 e. The van der Waals surface area contributed by atoms with Crippen molar-refractivity contribution in [3.63, 3.8) is 0 Å². The first-order valence-electron chi connectivity index (χ1n) is 5.44. The largest absolute Gasteiger partial charge is 0.480 e. The molecule has 0 radical (unpaired) electrons. The van der Waals surface area contributed by atoms with E-state index < -0.39 is 31.0 Å². The molecule has 0 fully saturated rings. The van der Waals surface area contributed by atoms with Gasteiger partial charge < -0.3 is 21.1 Å². The molecule has 1 atom stereocenters. The summed E-state index contributed by atoms with van der Waals surface area (Å²) in [6.45, 7) is 0.634. The highest BCUT2D eigenvalue weighted by molar-refractivity contribution is 5.86. The van der Waals surface area contributed by atoms with E-state index in [0.29, 0.717) is 0 Å². The van der Waals surface area contributed by atoms with Crippen molar-refractivity contribution >= 4 is 17.9 Å². The van der Waals surface area contributed by atoms with E-state index in [1.165, 1.54) is 6.20 Å². The average Bonchev–Trinajstić information content (AvgIpc) is 2.79. The number of hydrogen-bond acceptors (Lipinski definition) is 4. The molecule has 0 aliphatic rings. The molecule has 0 aliphatic carbocycles. The fourth-order valence-corrected chi connectivity index (χ4v) is 1.41. The summed E-state index contributed by atoms with van der Waals surface area (Å²) in [6.07, 6.45) is 3.13. The predicted molar refractivity (Wildman–Crippen MR) is 63.9 cm³/mol. The van der Waals surface area contributed by atoms with Crippen LogP contribution in [0.1, 0.15) is 18.5 Å². The van der Waals surface area contributed by atoms with Crippen LogP contribution in [0.3, 0.4) is 0 Å². The third kappa shape index (κ3) is 4.66. The molecule has 0 spiro atoms. The number of carboxylic acid groups (broad SMARTS) is 1. The van der Waals surface area contributed by atoms with Gasteiger partial charge in [0, 0.05) is 11.8 Å². The Morgan fingerprint density at radius 3 is 2.68 bits per heavy atom. The number of urea groups is 1. The molecule has 1 rings (SSSR count). The van der Waals surface area contributed by atoms with Crippen LogP contribution in [0.4, 0.5) is 4.79 Å². The van der Waals surface area contributed by atoms with Crippen molar-refractivity contribution in [3.05, 3.63) is 18.0 Å². The molecule has 0 aromatic carbocycles. The number of amides is 3. The first kappa shape index (κ1) is 14.5. The summed E-state index contributed by atoms with van der Waals surface area (Å²) in [5.74, 6) is -2.01. The van der Waals surface area contributed by atoms with Gasteiger partial charge >= 0.3 is 12.0 Å². The van der Waals surface area contributed by atoms with Crippen LogP contribution in [0.2, 0.25) is 0 Å². The van der Waals surface area contributed by atoms with Crippen LogP contribution < -0.4 is 11.1 Å². The quantitative estimate of drug-likeness (QED) is 0.527. The lowest BCUT2D eigenvalue weighted by atomic mass is 10.2. The molecule has 0 saturated carbocycles. The van der Waals surface area contributed by atoms with E-state index in [1.54, 1.807) is 13.1 Å². The second kappa shape index (κ2) is 6.38. The lowest BCUT2D eigenvalue weighted by Crippen LogP contribution is -2.47. The summed E-state index contributed by atoms with van der Waals surface area (Å²) in [6, 6.07) is -1.06. The topological polar surface area (TPSA) is 141 Å². The number of aromatic amines is 1. The Balaban J connectivity index is 2.65. The molecule has 9 nitrogen and oxygen atoms in total. The minimum absolute atomic E-state index is 0.379. The Morgan fingerprint density at radius 2 is 2.21 bits per heavy atom. The summed E-state index contributed by atoms with van der Waals surface area (Å²) in [7, 11) is 0. The summed E-state index contributed by atoms with van der Waals surface area (Å²) in [4.78, 5) is 34.1. The van der Waals surface area contributed by atoms with Crippen molar-refractivity contribution in [1.29, 1.82) is 0 Å². The van der Waals surface area contributed by atoms with E-state index in [4.69, 9.17) is 10.8 Å². The number of H-pyrrole nitrogens is 1. The first-order valence-corrected chi connectivity index (χ1v) is 5.44. The lowest BCUT2D eigenvalue weighted by molar-refractivity contribution is -0.137. The van der Waals surface area contributed by atoms with E-state index in [9.17, 15) is 14.4 Å². The van der Waals surface area contributed by atoms with Crippen LogP contribution in [0.15, 0.2) is 12.4 Å². The monoisotopic (exact) mass is 269 g/mol. The maximum absolute atomic E-state index is 11.8. The van der Waals surface area contributed by atoms with Gasteiger partial charge in [0.25, 0.3) is 0 Å². The van der Waals surface area contributed by atoms with E-state index in [-0.39, 0.29) is 6.04 Å². The van der Waals surface area contributed by atoms with Crippen molar-refractivity contribution in [2.45, 2.75) is 13.0 Å². The maximum Gasteiger partial charge on any atom is 0.323 e. The molecule has 1 aromatic rings. The number of nitrogens with two attached hydrogens (primary N) is 1. The molecule has 1 unspecified atom stereocenters. The third-order valence-electron chi connectivity index (χ3n) is 2.32. The highest BCUT2D eigenvalue weighted by atomic mass is 16.4. The highest BCUT2D eigenvalue weighted by Crippen LogP contribution is 2.09. The Labute approximate surface area is 108 Å². The Bertz CT molecular complexity index is 442. The van der Waals surface area contributed by atoms with Gasteiger partial charge in [0.05, 0.1) is 12.2 Å². The fourth-order valence-electron chi connectivity index (χ4n) is 1.41. The highest BCUT2D eigenvalue weighted by Gasteiger charge is 2.20. The number of carbonyl (C=O) groups is 3. The van der Waals surface area contributed by atoms with Crippen molar-refractivity contribution in [2.24, 2.45) is 5.73 Å². The number of aliphatic carboxylic acids is 1. The number of nitrogens with one attached hydrogen (secondary N) is 2. The first-order chi connectivity index (χ1) is 8.90. The van der Waals surface area contributed by atoms with Gasteiger partial charge in [-0.15, -0.1) is 0 Å². The molecular weight excluding hydrogens is 254 g/mol. The fraction of sp³-hybridized carbons (Fsp3) is 0.400. The van der Waals surface area contributed by atoms with Gasteiger partial charge in [-0.25, -0.2) is 4.79 Å². The second-order valence-corrected chi connectivity index (χ2v) is 3.92. The third-order valence-corrected chi connectivity index (χ3v) is 2.32. The number of carboxylic acids is 1. The smallest absolute Gasteiger partial charge is 0.323 e. The number of hydrogen-bond donors (Lipinski definition) is 4. The minimum atomic E-state index is -1.23. The van der Waals surface area contributed by atoms with Gasteiger partial charge in [-0.2, -0.15) is 5.10 Å². The molecule has 19 heavy (non-hydrogen) atoms. The molecule has 3 amide bonds. The van der Waals surface area contributed by atoms with Crippen LogP contribution in [-0.2, 0) is 9.59 Å². The van der Waals surface area contributed by atoms with E-state index in [0.717, 1.165) is 10.5 Å². The zero-order valence-corrected chi connectivity index (χ0v) is 10.3. The van der Waals surface area contributed by atoms with Gasteiger partial charge in [-0.05, 0) is 6.92 Å². The molecule has 5 N–H and O–H groups in total. The van der Waals surface area contributed by atoms with Crippen LogP contribution in [0.25, 0.3) is 0 Å². The zero-order chi connectivity index (χ0) is 14.4. The molecule has 0 bridgehead atoms. The van der Waals surface area contributed by atoms with Gasteiger partial charge in [0.15, 0.2) is 0 Å². The van der Waals surface area contributed by atoms with Crippen LogP contribution >= 0.6 is 0 Å². The molecule has 104 valence electrons. The Kier molecular flexibility index (Phi) is 4.86. The summed E-state index contributed by atoms with van der Waals surface area (Å²) in [5.41, 5.74) is 5.69. The molecule has 1 aromatic heterocycles. The van der Waals surface area contributed by atoms with Crippen LogP contribution in [0.5, 0.6) is 0 Å².